The van der Waals surface area contributed by atoms with Gasteiger partial charge in [0.1, 0.15) is 11.4 Å². The Morgan fingerprint density at radius 1 is 1.19 bits per heavy atom. The van der Waals surface area contributed by atoms with Crippen LogP contribution in [-0.4, -0.2) is 45.5 Å². The normalized spacial score (nSPS) is 16.2. The number of rotatable bonds is 2. The summed E-state index contributed by atoms with van der Waals surface area (Å²) >= 11 is 0. The van der Waals surface area contributed by atoms with Gasteiger partial charge in [0.25, 0.3) is 11.8 Å². The lowest BCUT2D eigenvalue weighted by Crippen LogP contribution is -2.29. The Labute approximate surface area is 180 Å². The number of aryl methyl sites for hydroxylation is 3. The molecule has 0 radical (unpaired) electrons. The minimum Gasteiger partial charge on any atom is -0.383 e. The van der Waals surface area contributed by atoms with Crippen LogP contribution in [0.15, 0.2) is 43.1 Å². The Bertz CT molecular complexity index is 901. The third kappa shape index (κ3) is 6.91. The fraction of sp³-hybridized carbons (Fsp3) is 0.409. The number of hydrogen-bond acceptors (Lipinski definition) is 4. The number of primary amides is 1. The first-order valence-corrected chi connectivity index (χ1v) is 10.1. The Balaban J connectivity index is 0.000000165. The molecule has 1 saturated heterocycles. The quantitative estimate of drug-likeness (QED) is 0.710. The molecule has 9 heteroatoms. The van der Waals surface area contributed by atoms with Gasteiger partial charge in [-0.15, -0.1) is 0 Å². The second kappa shape index (κ2) is 10.7. The molecule has 1 fully saturated rings. The fourth-order valence-corrected chi connectivity index (χ4v) is 3.37. The lowest BCUT2D eigenvalue weighted by Gasteiger charge is -2.13. The maximum atomic E-state index is 12.5. The minimum atomic E-state index is -2.70. The Morgan fingerprint density at radius 3 is 2.13 bits per heavy atom. The maximum absolute atomic E-state index is 12.5. The van der Waals surface area contributed by atoms with Gasteiger partial charge in [0.15, 0.2) is 0 Å². The SMILES string of the molecule is C=CC(=O)N1CCC(F)(F)C1.Cn1ncc(C(N)=O)c1N.c1ccc2c(c1)CCCC2. The van der Waals surface area contributed by atoms with E-state index in [1.165, 1.54) is 36.6 Å². The summed E-state index contributed by atoms with van der Waals surface area (Å²) in [5.74, 6) is -3.36. The van der Waals surface area contributed by atoms with Crippen LogP contribution >= 0.6 is 0 Å². The number of aromatic nitrogens is 2. The van der Waals surface area contributed by atoms with Crippen molar-refractivity contribution in [2.75, 3.05) is 18.8 Å². The fourth-order valence-electron chi connectivity index (χ4n) is 3.37. The predicted molar refractivity (Wildman–Crippen MR) is 116 cm³/mol. The zero-order valence-electron chi connectivity index (χ0n) is 17.7. The lowest BCUT2D eigenvalue weighted by atomic mass is 9.92. The second-order valence-corrected chi connectivity index (χ2v) is 7.48. The van der Waals surface area contributed by atoms with Crippen LogP contribution in [-0.2, 0) is 24.7 Å². The molecule has 4 rings (SSSR count). The van der Waals surface area contributed by atoms with E-state index in [0.717, 1.165) is 11.0 Å². The summed E-state index contributed by atoms with van der Waals surface area (Å²) < 4.78 is 26.3. The molecule has 1 aliphatic heterocycles. The molecule has 4 N–H and O–H groups in total. The molecule has 0 atom stereocenters. The number of hydrogen-bond donors (Lipinski definition) is 2. The summed E-state index contributed by atoms with van der Waals surface area (Å²) in [5, 5.41) is 3.73. The van der Waals surface area contributed by atoms with Gasteiger partial charge >= 0.3 is 0 Å². The van der Waals surface area contributed by atoms with Crippen molar-refractivity contribution >= 4 is 17.6 Å². The number of nitrogens with two attached hydrogens (primary N) is 2. The number of anilines is 1. The molecule has 1 aromatic carbocycles. The molecule has 0 saturated carbocycles. The molecule has 7 nitrogen and oxygen atoms in total. The Hall–Kier alpha value is -3.23. The highest BCUT2D eigenvalue weighted by Gasteiger charge is 2.39. The molecular formula is C22H29F2N5O2. The summed E-state index contributed by atoms with van der Waals surface area (Å²) in [5.41, 5.74) is 13.8. The van der Waals surface area contributed by atoms with E-state index in [9.17, 15) is 18.4 Å². The molecule has 0 spiro atoms. The topological polar surface area (TPSA) is 107 Å². The molecule has 31 heavy (non-hydrogen) atoms. The van der Waals surface area contributed by atoms with Crippen LogP contribution in [0.3, 0.4) is 0 Å². The predicted octanol–water partition coefficient (Wildman–Crippen LogP) is 2.71. The van der Waals surface area contributed by atoms with Crippen LogP contribution in [0.5, 0.6) is 0 Å². The molecule has 1 aromatic heterocycles. The number of halogens is 2. The van der Waals surface area contributed by atoms with Gasteiger partial charge in [-0.05, 0) is 42.9 Å². The first-order chi connectivity index (χ1) is 14.6. The third-order valence-corrected chi connectivity index (χ3v) is 5.17. The largest absolute Gasteiger partial charge is 0.383 e. The van der Waals surface area contributed by atoms with Crippen LogP contribution in [0.25, 0.3) is 0 Å². The lowest BCUT2D eigenvalue weighted by molar-refractivity contribution is -0.126. The monoisotopic (exact) mass is 433 g/mol. The van der Waals surface area contributed by atoms with Crippen LogP contribution in [0.4, 0.5) is 14.6 Å². The molecule has 2 amide bonds. The summed E-state index contributed by atoms with van der Waals surface area (Å²) in [4.78, 5) is 22.4. The molecule has 2 aliphatic rings. The van der Waals surface area contributed by atoms with Gasteiger partial charge in [-0.2, -0.15) is 5.10 Å². The van der Waals surface area contributed by atoms with E-state index < -0.39 is 24.3 Å². The van der Waals surface area contributed by atoms with Crippen LogP contribution in [0.2, 0.25) is 0 Å². The van der Waals surface area contributed by atoms with E-state index in [4.69, 9.17) is 11.5 Å². The van der Waals surface area contributed by atoms with Gasteiger partial charge in [0.05, 0.1) is 12.7 Å². The van der Waals surface area contributed by atoms with Crippen molar-refractivity contribution in [3.8, 4) is 0 Å². The van der Waals surface area contributed by atoms with Gasteiger partial charge in [-0.1, -0.05) is 30.8 Å². The molecule has 2 heterocycles. The zero-order chi connectivity index (χ0) is 23.0. The average molecular weight is 434 g/mol. The first kappa shape index (κ1) is 24.0. The van der Waals surface area contributed by atoms with Crippen LogP contribution < -0.4 is 11.5 Å². The van der Waals surface area contributed by atoms with Crippen molar-refractivity contribution in [2.45, 2.75) is 38.0 Å². The van der Waals surface area contributed by atoms with E-state index >= 15 is 0 Å². The number of nitrogen functional groups attached to an aromatic ring is 1. The van der Waals surface area contributed by atoms with E-state index in [1.54, 1.807) is 18.2 Å². The molecule has 168 valence electrons. The second-order valence-electron chi connectivity index (χ2n) is 7.48. The highest BCUT2D eigenvalue weighted by atomic mass is 19.3. The summed E-state index contributed by atoms with van der Waals surface area (Å²) in [6.07, 6.45) is 7.55. The number of amides is 2. The maximum Gasteiger partial charge on any atom is 0.267 e. The van der Waals surface area contributed by atoms with Crippen molar-refractivity contribution in [3.05, 3.63) is 59.8 Å². The molecule has 0 bridgehead atoms. The van der Waals surface area contributed by atoms with E-state index in [-0.39, 0.29) is 18.5 Å². The number of benzene rings is 1. The van der Waals surface area contributed by atoms with Gasteiger partial charge in [-0.25, -0.2) is 8.78 Å². The van der Waals surface area contributed by atoms with Gasteiger partial charge < -0.3 is 16.4 Å². The highest BCUT2D eigenvalue weighted by Crippen LogP contribution is 2.26. The first-order valence-electron chi connectivity index (χ1n) is 10.1. The number of carbonyl (C=O) groups excluding carboxylic acids is 2. The number of carbonyl (C=O) groups is 2. The number of alkyl halides is 2. The van der Waals surface area contributed by atoms with Gasteiger partial charge in [0.2, 0.25) is 5.91 Å². The molecule has 1 aliphatic carbocycles. The molecule has 0 unspecified atom stereocenters. The van der Waals surface area contributed by atoms with Crippen LogP contribution in [0, 0.1) is 0 Å². The van der Waals surface area contributed by atoms with Crippen molar-refractivity contribution in [1.82, 2.24) is 14.7 Å². The van der Waals surface area contributed by atoms with Crippen molar-refractivity contribution < 1.29 is 18.4 Å². The van der Waals surface area contributed by atoms with Gasteiger partial charge in [0, 0.05) is 20.0 Å². The molecule has 2 aromatic rings. The van der Waals surface area contributed by atoms with Crippen LogP contribution in [0.1, 0.15) is 40.7 Å². The highest BCUT2D eigenvalue weighted by molar-refractivity contribution is 5.96. The summed E-state index contributed by atoms with van der Waals surface area (Å²) in [6.45, 7) is 2.89. The van der Waals surface area contributed by atoms with E-state index in [0.29, 0.717) is 5.82 Å². The van der Waals surface area contributed by atoms with E-state index in [2.05, 4.69) is 35.9 Å². The molecular weight excluding hydrogens is 404 g/mol. The minimum absolute atomic E-state index is 0.137. The Kier molecular flexibility index (Phi) is 8.30. The average Bonchev–Trinajstić information content (AvgIpc) is 3.30. The zero-order valence-corrected chi connectivity index (χ0v) is 17.7. The number of likely N-dealkylation sites (tertiary alicyclic amines) is 1. The van der Waals surface area contributed by atoms with Crippen molar-refractivity contribution in [3.63, 3.8) is 0 Å². The van der Waals surface area contributed by atoms with E-state index in [1.807, 2.05) is 0 Å². The summed E-state index contributed by atoms with van der Waals surface area (Å²) in [6, 6.07) is 8.80. The van der Waals surface area contributed by atoms with Crippen molar-refractivity contribution in [1.29, 1.82) is 0 Å². The standard InChI is InChI=1S/C10H12.C7H9F2NO.C5H8N4O/c1-2-6-10-8-4-3-7-9(10)5-1;1-2-6(11)10-4-3-7(8,9)5-10;1-9-4(6)3(2-8-9)5(7)10/h1-2,5-6H,3-4,7-8H2;2H,1,3-5H2;2H,6H2,1H3,(H2,7,10). The third-order valence-electron chi connectivity index (χ3n) is 5.17. The number of nitrogens with zero attached hydrogens (tertiary/aromatic N) is 3. The smallest absolute Gasteiger partial charge is 0.267 e. The Morgan fingerprint density at radius 2 is 1.77 bits per heavy atom. The number of fused-ring (bicyclic) bond motifs is 1. The van der Waals surface area contributed by atoms with Gasteiger partial charge in [-0.3, -0.25) is 14.3 Å². The van der Waals surface area contributed by atoms with Crippen molar-refractivity contribution in [2.24, 2.45) is 12.8 Å². The summed E-state index contributed by atoms with van der Waals surface area (Å²) in [7, 11) is 1.64.